The molecule has 0 spiro atoms. The van der Waals surface area contributed by atoms with Crippen LogP contribution in [-0.4, -0.2) is 53.8 Å². The molecular weight excluding hydrogens is 282 g/mol. The van der Waals surface area contributed by atoms with Gasteiger partial charge in [0.05, 0.1) is 24.4 Å². The van der Waals surface area contributed by atoms with Crippen LogP contribution in [-0.2, 0) is 9.47 Å². The summed E-state index contributed by atoms with van der Waals surface area (Å²) in [6.07, 6.45) is 3.11. The fourth-order valence-electron chi connectivity index (χ4n) is 2.69. The molecule has 0 radical (unpaired) electrons. The number of alkyl halides is 1. The zero-order valence-corrected chi connectivity index (χ0v) is 12.7. The quantitative estimate of drug-likeness (QED) is 0.748. The summed E-state index contributed by atoms with van der Waals surface area (Å²) in [6.45, 7) is 9.54. The highest BCUT2D eigenvalue weighted by Crippen LogP contribution is 2.30. The van der Waals surface area contributed by atoms with Crippen LogP contribution >= 0.6 is 15.9 Å². The Morgan fingerprint density at radius 3 is 2.71 bits per heavy atom. The fraction of sp³-hybridized carbons (Fsp3) is 1.00. The smallest absolute Gasteiger partial charge is 0.0799 e. The van der Waals surface area contributed by atoms with Crippen molar-refractivity contribution in [3.63, 3.8) is 0 Å². The van der Waals surface area contributed by atoms with Crippen molar-refractivity contribution in [3.8, 4) is 0 Å². The Labute approximate surface area is 113 Å². The lowest BCUT2D eigenvalue weighted by Gasteiger charge is -2.38. The van der Waals surface area contributed by atoms with Crippen LogP contribution in [0.5, 0.6) is 0 Å². The minimum absolute atomic E-state index is 0.0784. The van der Waals surface area contributed by atoms with E-state index in [-0.39, 0.29) is 5.60 Å². The Morgan fingerprint density at radius 1 is 1.35 bits per heavy atom. The van der Waals surface area contributed by atoms with Crippen LogP contribution in [0.15, 0.2) is 0 Å². The third-order valence-corrected chi connectivity index (χ3v) is 4.52. The van der Waals surface area contributed by atoms with E-state index in [0.717, 1.165) is 25.0 Å². The highest BCUT2D eigenvalue weighted by molar-refractivity contribution is 9.09. The first-order chi connectivity index (χ1) is 8.00. The van der Waals surface area contributed by atoms with Gasteiger partial charge in [-0.25, -0.2) is 0 Å². The maximum atomic E-state index is 6.07. The van der Waals surface area contributed by atoms with Crippen molar-refractivity contribution in [2.24, 2.45) is 0 Å². The van der Waals surface area contributed by atoms with Gasteiger partial charge in [-0.1, -0.05) is 15.9 Å². The summed E-state index contributed by atoms with van der Waals surface area (Å²) in [5.74, 6) is 0. The summed E-state index contributed by atoms with van der Waals surface area (Å²) in [5.41, 5.74) is 0.0784. The monoisotopic (exact) mass is 305 g/mol. The Balaban J connectivity index is 1.85. The van der Waals surface area contributed by atoms with Crippen LogP contribution in [0.4, 0.5) is 0 Å². The van der Waals surface area contributed by atoms with Gasteiger partial charge in [-0.2, -0.15) is 0 Å². The number of rotatable bonds is 3. The first-order valence-corrected chi connectivity index (χ1v) is 7.72. The second-order valence-electron chi connectivity index (χ2n) is 5.95. The van der Waals surface area contributed by atoms with Gasteiger partial charge < -0.3 is 9.47 Å². The van der Waals surface area contributed by atoms with E-state index >= 15 is 0 Å². The van der Waals surface area contributed by atoms with Crippen molar-refractivity contribution in [2.75, 3.05) is 25.0 Å². The molecule has 0 N–H and O–H groups in total. The predicted octanol–water partition coefficient (Wildman–Crippen LogP) is 2.43. The molecule has 0 aromatic heterocycles. The van der Waals surface area contributed by atoms with Crippen LogP contribution < -0.4 is 0 Å². The molecule has 3 unspecified atom stereocenters. The second-order valence-corrected chi connectivity index (χ2v) is 6.60. The molecule has 2 aliphatic heterocycles. The molecule has 0 aromatic rings. The molecule has 2 saturated heterocycles. The van der Waals surface area contributed by atoms with Crippen molar-refractivity contribution in [1.82, 2.24) is 4.90 Å². The maximum Gasteiger partial charge on any atom is 0.0799 e. The molecule has 2 rings (SSSR count). The molecule has 17 heavy (non-hydrogen) atoms. The van der Waals surface area contributed by atoms with Crippen LogP contribution in [0.3, 0.4) is 0 Å². The van der Waals surface area contributed by atoms with Crippen LogP contribution in [0.25, 0.3) is 0 Å². The highest BCUT2D eigenvalue weighted by atomic mass is 79.9. The van der Waals surface area contributed by atoms with E-state index in [1.54, 1.807) is 0 Å². The molecule has 0 aliphatic carbocycles. The second kappa shape index (κ2) is 5.55. The molecule has 0 amide bonds. The summed E-state index contributed by atoms with van der Waals surface area (Å²) in [5, 5.41) is 0.924. The van der Waals surface area contributed by atoms with Gasteiger partial charge in [-0.05, 0) is 33.6 Å². The van der Waals surface area contributed by atoms with Gasteiger partial charge in [0.25, 0.3) is 0 Å². The summed E-state index contributed by atoms with van der Waals surface area (Å²) in [4.78, 5) is 2.52. The molecule has 0 saturated carbocycles. The normalized spacial score (nSPS) is 38.5. The van der Waals surface area contributed by atoms with Crippen molar-refractivity contribution < 1.29 is 9.47 Å². The van der Waals surface area contributed by atoms with Crippen molar-refractivity contribution in [2.45, 2.75) is 57.5 Å². The summed E-state index contributed by atoms with van der Waals surface area (Å²) in [7, 11) is 0. The first-order valence-electron chi connectivity index (χ1n) is 6.59. The molecule has 4 heteroatoms. The Hall–Kier alpha value is 0.360. The lowest BCUT2D eigenvalue weighted by atomic mass is 10.1. The van der Waals surface area contributed by atoms with E-state index < -0.39 is 0 Å². The number of morpholine rings is 1. The van der Waals surface area contributed by atoms with Crippen LogP contribution in [0, 0.1) is 0 Å². The third-order valence-electron chi connectivity index (χ3n) is 3.80. The largest absolute Gasteiger partial charge is 0.374 e. The number of hydrogen-bond donors (Lipinski definition) is 0. The predicted molar refractivity (Wildman–Crippen MR) is 72.8 cm³/mol. The summed E-state index contributed by atoms with van der Waals surface area (Å²) >= 11 is 3.51. The van der Waals surface area contributed by atoms with Crippen molar-refractivity contribution >= 4 is 15.9 Å². The Kier molecular flexibility index (Phi) is 4.50. The number of ether oxygens (including phenoxy) is 2. The average molecular weight is 306 g/mol. The summed E-state index contributed by atoms with van der Waals surface area (Å²) in [6, 6.07) is 0.512. The van der Waals surface area contributed by atoms with Crippen LogP contribution in [0.1, 0.15) is 33.6 Å². The maximum absolute atomic E-state index is 6.07. The van der Waals surface area contributed by atoms with Crippen molar-refractivity contribution in [3.05, 3.63) is 0 Å². The van der Waals surface area contributed by atoms with Crippen LogP contribution in [0.2, 0.25) is 0 Å². The molecule has 2 fully saturated rings. The molecule has 100 valence electrons. The fourth-order valence-corrected chi connectivity index (χ4v) is 3.08. The molecular formula is C13H24BrNO2. The highest BCUT2D eigenvalue weighted by Gasteiger charge is 2.35. The standard InChI is InChI=1S/C13H24BrNO2/c1-10-9-16-12(6-14)8-15(10)7-11-4-5-13(2,3)17-11/h10-12H,4-9H2,1-3H3. The number of hydrogen-bond acceptors (Lipinski definition) is 3. The van der Waals surface area contributed by atoms with E-state index in [1.165, 1.54) is 12.8 Å². The third kappa shape index (κ3) is 3.66. The van der Waals surface area contributed by atoms with Gasteiger partial charge in [0.2, 0.25) is 0 Å². The average Bonchev–Trinajstić information content (AvgIpc) is 2.61. The molecule has 2 aliphatic rings. The van der Waals surface area contributed by atoms with E-state index in [2.05, 4.69) is 41.6 Å². The van der Waals surface area contributed by atoms with Gasteiger partial charge in [0.1, 0.15) is 0 Å². The minimum Gasteiger partial charge on any atom is -0.374 e. The van der Waals surface area contributed by atoms with E-state index in [0.29, 0.717) is 18.2 Å². The molecule has 3 atom stereocenters. The molecule has 2 heterocycles. The zero-order chi connectivity index (χ0) is 12.5. The van der Waals surface area contributed by atoms with Crippen molar-refractivity contribution in [1.29, 1.82) is 0 Å². The van der Waals surface area contributed by atoms with Gasteiger partial charge in [0, 0.05) is 24.5 Å². The zero-order valence-electron chi connectivity index (χ0n) is 11.1. The van der Waals surface area contributed by atoms with Gasteiger partial charge in [-0.3, -0.25) is 4.90 Å². The van der Waals surface area contributed by atoms with E-state index in [4.69, 9.17) is 9.47 Å². The van der Waals surface area contributed by atoms with Gasteiger partial charge in [-0.15, -0.1) is 0 Å². The van der Waals surface area contributed by atoms with Gasteiger partial charge >= 0.3 is 0 Å². The number of halogens is 1. The van der Waals surface area contributed by atoms with E-state index in [9.17, 15) is 0 Å². The SMILES string of the molecule is CC1COC(CBr)CN1CC1CCC(C)(C)O1. The number of nitrogens with zero attached hydrogens (tertiary/aromatic N) is 1. The summed E-state index contributed by atoms with van der Waals surface area (Å²) < 4.78 is 11.8. The Morgan fingerprint density at radius 2 is 2.12 bits per heavy atom. The van der Waals surface area contributed by atoms with Gasteiger partial charge in [0.15, 0.2) is 0 Å². The molecule has 0 aromatic carbocycles. The molecule has 3 nitrogen and oxygen atoms in total. The van der Waals surface area contributed by atoms with E-state index in [1.807, 2.05) is 0 Å². The Bertz CT molecular complexity index is 260. The lowest BCUT2D eigenvalue weighted by Crippen LogP contribution is -2.51. The minimum atomic E-state index is 0.0784. The topological polar surface area (TPSA) is 21.7 Å². The lowest BCUT2D eigenvalue weighted by molar-refractivity contribution is -0.0786. The molecule has 0 bridgehead atoms. The first kappa shape index (κ1) is 13.8.